The Morgan fingerprint density at radius 2 is 1.57 bits per heavy atom. The third kappa shape index (κ3) is 7.25. The van der Waals surface area contributed by atoms with E-state index in [1.807, 2.05) is 25.7 Å². The zero-order chi connectivity index (χ0) is 39.3. The van der Waals surface area contributed by atoms with Gasteiger partial charge in [-0.1, -0.05) is 59.6 Å². The zero-order valence-electron chi connectivity index (χ0n) is 32.9. The van der Waals surface area contributed by atoms with E-state index in [0.29, 0.717) is 57.2 Å². The number of halogens is 3. The summed E-state index contributed by atoms with van der Waals surface area (Å²) in [5.41, 5.74) is 4.32. The van der Waals surface area contributed by atoms with Crippen LogP contribution in [0.5, 0.6) is 5.75 Å². The first-order valence-electron chi connectivity index (χ1n) is 18.8. The summed E-state index contributed by atoms with van der Waals surface area (Å²) in [6, 6.07) is 9.33. The molecule has 6 rings (SSSR count). The second kappa shape index (κ2) is 15.1. The molecule has 0 aliphatic carbocycles. The molecule has 1 amide bonds. The summed E-state index contributed by atoms with van der Waals surface area (Å²) in [7, 11) is -0.787. The van der Waals surface area contributed by atoms with E-state index in [1.54, 1.807) is 35.2 Å². The molecule has 2 aliphatic heterocycles. The quantitative estimate of drug-likeness (QED) is 0.0766. The van der Waals surface area contributed by atoms with E-state index in [1.165, 1.54) is 13.2 Å². The Bertz CT molecular complexity index is 2110. The van der Waals surface area contributed by atoms with Crippen molar-refractivity contribution in [2.24, 2.45) is 0 Å². The van der Waals surface area contributed by atoms with Crippen molar-refractivity contribution < 1.29 is 32.2 Å². The van der Waals surface area contributed by atoms with E-state index >= 15 is 13.2 Å². The van der Waals surface area contributed by atoms with Gasteiger partial charge in [0, 0.05) is 36.5 Å². The van der Waals surface area contributed by atoms with Crippen molar-refractivity contribution >= 4 is 41.7 Å². The highest BCUT2D eigenvalue weighted by atomic mass is 28.3. The molecule has 2 fully saturated rings. The second-order valence-electron chi connectivity index (χ2n) is 16.5. The van der Waals surface area contributed by atoms with Gasteiger partial charge in [-0.15, -0.1) is 5.54 Å². The number of carbonyl (C=O) groups is 1. The van der Waals surface area contributed by atoms with E-state index < -0.39 is 31.4 Å². The van der Waals surface area contributed by atoms with Crippen LogP contribution in [-0.4, -0.2) is 73.7 Å². The van der Waals surface area contributed by atoms with Gasteiger partial charge in [0.2, 0.25) is 0 Å². The smallest absolute Gasteiger partial charge is 0.410 e. The minimum atomic E-state index is -2.28. The van der Waals surface area contributed by atoms with E-state index in [4.69, 9.17) is 14.2 Å². The number of ether oxygens (including phenoxy) is 3. The van der Waals surface area contributed by atoms with Gasteiger partial charge in [-0.3, -0.25) is 4.90 Å². The Morgan fingerprint density at radius 3 is 2.17 bits per heavy atom. The van der Waals surface area contributed by atoms with Gasteiger partial charge in [-0.05, 0) is 85.5 Å². The SMILES string of the molecule is COCOc1cc(-c2ccc3c(N4C[C@H]5CC[C@@H](C4)N5C(=O)OC(C)(C)C)nc(F)nc3c2F)c2c(C#C[Si](C(C)C)(C(C)C)C(C)C)c(F)ccc2c1. The predicted molar refractivity (Wildman–Crippen MR) is 210 cm³/mol. The number of aromatic nitrogens is 2. The fourth-order valence-electron chi connectivity index (χ4n) is 8.82. The largest absolute Gasteiger partial charge is 0.468 e. The Morgan fingerprint density at radius 1 is 0.926 bits per heavy atom. The molecule has 12 heteroatoms. The van der Waals surface area contributed by atoms with Crippen molar-refractivity contribution in [2.45, 2.75) is 109 Å². The van der Waals surface area contributed by atoms with Crippen LogP contribution in [0.4, 0.5) is 23.8 Å². The number of fused-ring (bicyclic) bond motifs is 4. The molecule has 8 nitrogen and oxygen atoms in total. The zero-order valence-corrected chi connectivity index (χ0v) is 33.9. The summed E-state index contributed by atoms with van der Waals surface area (Å²) in [5, 5.41) is 1.35. The van der Waals surface area contributed by atoms with E-state index in [2.05, 4.69) is 63.0 Å². The highest BCUT2D eigenvalue weighted by Crippen LogP contribution is 2.43. The third-order valence-corrected chi connectivity index (χ3v) is 17.4. The monoisotopic (exact) mass is 760 g/mol. The van der Waals surface area contributed by atoms with Crippen LogP contribution in [0.25, 0.3) is 32.8 Å². The van der Waals surface area contributed by atoms with Crippen LogP contribution in [0.15, 0.2) is 36.4 Å². The molecule has 0 radical (unpaired) electrons. The molecule has 0 N–H and O–H groups in total. The first kappa shape index (κ1) is 39.4. The number of piperazine rings is 1. The summed E-state index contributed by atoms with van der Waals surface area (Å²) in [5.74, 6) is 2.62. The van der Waals surface area contributed by atoms with Crippen molar-refractivity contribution in [1.82, 2.24) is 14.9 Å². The van der Waals surface area contributed by atoms with Gasteiger partial charge in [-0.2, -0.15) is 14.4 Å². The van der Waals surface area contributed by atoms with Gasteiger partial charge >= 0.3 is 12.2 Å². The van der Waals surface area contributed by atoms with Crippen LogP contribution < -0.4 is 9.64 Å². The van der Waals surface area contributed by atoms with Crippen LogP contribution in [-0.2, 0) is 9.47 Å². The highest BCUT2D eigenvalue weighted by molar-refractivity contribution is 6.90. The van der Waals surface area contributed by atoms with Crippen LogP contribution in [0.1, 0.15) is 80.7 Å². The average molecular weight is 761 g/mol. The molecule has 2 atom stereocenters. The summed E-state index contributed by atoms with van der Waals surface area (Å²) in [6.07, 6.45) is 0.0674. The Balaban J connectivity index is 1.50. The molecule has 1 aromatic heterocycles. The van der Waals surface area contributed by atoms with Crippen LogP contribution in [0.2, 0.25) is 16.6 Å². The standard InChI is InChI=1S/C42H51F3N4O4Si/c1-24(2)54(25(3)4,26(5)6)18-17-32-35(43)16-11-27-19-30(52-23-51-10)20-34(36(27)32)31-14-15-33-38(37(31)44)46-40(45)47-39(33)48-21-28-12-13-29(22-48)49(28)41(50)53-42(7,8)9/h11,14-16,19-20,24-26,28-29H,12-13,21-23H2,1-10H3/t28-,29+. The fourth-order valence-corrected chi connectivity index (χ4v) is 14.0. The van der Waals surface area contributed by atoms with Crippen LogP contribution in [0.3, 0.4) is 0 Å². The van der Waals surface area contributed by atoms with E-state index in [0.717, 1.165) is 12.8 Å². The number of amides is 1. The van der Waals surface area contributed by atoms with Crippen molar-refractivity contribution in [2.75, 3.05) is 31.9 Å². The van der Waals surface area contributed by atoms with Gasteiger partial charge in [0.15, 0.2) is 12.6 Å². The third-order valence-electron chi connectivity index (χ3n) is 11.1. The van der Waals surface area contributed by atoms with Crippen LogP contribution in [0, 0.1) is 29.2 Å². The number of benzene rings is 3. The molecule has 0 unspecified atom stereocenters. The minimum absolute atomic E-state index is 0.0603. The lowest BCUT2D eigenvalue weighted by atomic mass is 9.93. The summed E-state index contributed by atoms with van der Waals surface area (Å²) >= 11 is 0. The molecule has 54 heavy (non-hydrogen) atoms. The topological polar surface area (TPSA) is 77.0 Å². The molecule has 4 aromatic rings. The Labute approximate surface area is 317 Å². The molecule has 2 bridgehead atoms. The van der Waals surface area contributed by atoms with Crippen molar-refractivity contribution in [3.63, 3.8) is 0 Å². The number of carbonyl (C=O) groups excluding carboxylic acids is 1. The van der Waals surface area contributed by atoms with Gasteiger partial charge in [0.25, 0.3) is 0 Å². The maximum Gasteiger partial charge on any atom is 0.410 e. The molecule has 3 heterocycles. The Kier molecular flexibility index (Phi) is 11.0. The second-order valence-corrected chi connectivity index (χ2v) is 22.1. The van der Waals surface area contributed by atoms with Gasteiger partial charge < -0.3 is 19.1 Å². The number of nitrogens with zero attached hydrogens (tertiary/aromatic N) is 4. The predicted octanol–water partition coefficient (Wildman–Crippen LogP) is 10.0. The van der Waals surface area contributed by atoms with Crippen molar-refractivity contribution in [3.05, 3.63) is 59.7 Å². The fraction of sp³-hybridized carbons (Fsp3) is 0.500. The molecular formula is C42H51F3N4O4Si. The summed E-state index contributed by atoms with van der Waals surface area (Å²) in [6.45, 7) is 19.3. The number of rotatable bonds is 8. The van der Waals surface area contributed by atoms with E-state index in [9.17, 15) is 4.79 Å². The lowest BCUT2D eigenvalue weighted by Gasteiger charge is -2.42. The number of hydrogen-bond donors (Lipinski definition) is 0. The van der Waals surface area contributed by atoms with Crippen molar-refractivity contribution in [1.29, 1.82) is 0 Å². The van der Waals surface area contributed by atoms with Gasteiger partial charge in [0.05, 0.1) is 17.6 Å². The van der Waals surface area contributed by atoms with Gasteiger partial charge in [0.1, 0.15) is 36.6 Å². The summed E-state index contributed by atoms with van der Waals surface area (Å²) < 4.78 is 65.1. The lowest BCUT2D eigenvalue weighted by molar-refractivity contribution is 0.0122. The molecular weight excluding hydrogens is 710 g/mol. The first-order valence-corrected chi connectivity index (χ1v) is 21.0. The minimum Gasteiger partial charge on any atom is -0.468 e. The Hall–Kier alpha value is -4.34. The highest BCUT2D eigenvalue weighted by Gasteiger charge is 2.45. The maximum atomic E-state index is 17.1. The van der Waals surface area contributed by atoms with E-state index in [-0.39, 0.29) is 47.4 Å². The number of anilines is 1. The number of hydrogen-bond acceptors (Lipinski definition) is 7. The molecule has 288 valence electrons. The summed E-state index contributed by atoms with van der Waals surface area (Å²) in [4.78, 5) is 24.9. The van der Waals surface area contributed by atoms with Gasteiger partial charge in [-0.25, -0.2) is 13.6 Å². The van der Waals surface area contributed by atoms with Crippen molar-refractivity contribution in [3.8, 4) is 28.3 Å². The lowest BCUT2D eigenvalue weighted by Crippen LogP contribution is -2.57. The maximum absolute atomic E-state index is 17.1. The average Bonchev–Trinajstić information content (AvgIpc) is 3.36. The molecule has 2 saturated heterocycles. The molecule has 2 aliphatic rings. The number of methoxy groups -OCH3 is 1. The molecule has 0 saturated carbocycles. The first-order chi connectivity index (χ1) is 25.5. The van der Waals surface area contributed by atoms with Crippen LogP contribution >= 0.6 is 0 Å². The molecule has 3 aromatic carbocycles. The molecule has 0 spiro atoms. The normalized spacial score (nSPS) is 17.6.